The number of hydrogen-bond acceptors (Lipinski definition) is 4. The van der Waals surface area contributed by atoms with Crippen LogP contribution in [0.25, 0.3) is 0 Å². The molecule has 2 N–H and O–H groups in total. The van der Waals surface area contributed by atoms with Gasteiger partial charge >= 0.3 is 0 Å². The molecule has 0 saturated carbocycles. The quantitative estimate of drug-likeness (QED) is 0.866. The summed E-state index contributed by atoms with van der Waals surface area (Å²) >= 11 is 0. The van der Waals surface area contributed by atoms with Crippen LogP contribution in [0.3, 0.4) is 0 Å². The predicted octanol–water partition coefficient (Wildman–Crippen LogP) is 2.05. The maximum atomic E-state index is 11.8. The highest BCUT2D eigenvalue weighted by Crippen LogP contribution is 2.14. The third-order valence-corrected chi connectivity index (χ3v) is 2.33. The van der Waals surface area contributed by atoms with E-state index in [0.29, 0.717) is 17.1 Å². The van der Waals surface area contributed by atoms with Gasteiger partial charge in [-0.05, 0) is 30.3 Å². The van der Waals surface area contributed by atoms with Gasteiger partial charge in [0.05, 0.1) is 19.0 Å². The van der Waals surface area contributed by atoms with Gasteiger partial charge in [-0.25, -0.2) is 4.98 Å². The Morgan fingerprint density at radius 3 is 2.50 bits per heavy atom. The summed E-state index contributed by atoms with van der Waals surface area (Å²) in [6, 6.07) is 9.36. The molecule has 0 atom stereocenters. The molecule has 0 bridgehead atoms. The SMILES string of the molecule is COc1ccc(NC(=O)c2ccc(O)cc2)cn1. The first-order valence-corrected chi connectivity index (χ1v) is 5.29. The van der Waals surface area contributed by atoms with Crippen molar-refractivity contribution >= 4 is 11.6 Å². The summed E-state index contributed by atoms with van der Waals surface area (Å²) in [4.78, 5) is 15.8. The van der Waals surface area contributed by atoms with Crippen LogP contribution in [0.5, 0.6) is 11.6 Å². The lowest BCUT2D eigenvalue weighted by Crippen LogP contribution is -2.11. The number of aromatic nitrogens is 1. The fraction of sp³-hybridized carbons (Fsp3) is 0.0769. The molecule has 0 aliphatic heterocycles. The van der Waals surface area contributed by atoms with Crippen molar-refractivity contribution in [3.8, 4) is 11.6 Å². The van der Waals surface area contributed by atoms with E-state index in [1.165, 1.54) is 25.4 Å². The number of rotatable bonds is 3. The highest BCUT2D eigenvalue weighted by molar-refractivity contribution is 6.04. The standard InChI is InChI=1S/C13H12N2O3/c1-18-12-7-4-10(8-14-12)15-13(17)9-2-5-11(16)6-3-9/h2-8,16H,1H3,(H,15,17). The van der Waals surface area contributed by atoms with E-state index in [9.17, 15) is 4.79 Å². The Bertz CT molecular complexity index is 535. The van der Waals surface area contributed by atoms with Gasteiger partial charge in [0.1, 0.15) is 5.75 Å². The van der Waals surface area contributed by atoms with Crippen molar-refractivity contribution in [2.24, 2.45) is 0 Å². The van der Waals surface area contributed by atoms with E-state index in [0.717, 1.165) is 0 Å². The van der Waals surface area contributed by atoms with Crippen LogP contribution >= 0.6 is 0 Å². The van der Waals surface area contributed by atoms with E-state index in [-0.39, 0.29) is 11.7 Å². The fourth-order valence-corrected chi connectivity index (χ4v) is 1.39. The molecule has 18 heavy (non-hydrogen) atoms. The van der Waals surface area contributed by atoms with Crippen LogP contribution in [0, 0.1) is 0 Å². The number of carbonyl (C=O) groups excluding carboxylic acids is 1. The number of anilines is 1. The van der Waals surface area contributed by atoms with Crippen molar-refractivity contribution in [3.63, 3.8) is 0 Å². The number of aromatic hydroxyl groups is 1. The number of amides is 1. The molecule has 0 aliphatic carbocycles. The minimum atomic E-state index is -0.262. The Morgan fingerprint density at radius 2 is 1.94 bits per heavy atom. The number of benzene rings is 1. The molecule has 0 spiro atoms. The molecule has 2 rings (SSSR count). The lowest BCUT2D eigenvalue weighted by Gasteiger charge is -2.05. The third-order valence-electron chi connectivity index (χ3n) is 2.33. The lowest BCUT2D eigenvalue weighted by molar-refractivity contribution is 0.102. The Balaban J connectivity index is 2.08. The second-order valence-corrected chi connectivity index (χ2v) is 3.59. The predicted molar refractivity (Wildman–Crippen MR) is 66.8 cm³/mol. The first-order valence-electron chi connectivity index (χ1n) is 5.29. The molecule has 1 aromatic heterocycles. The van der Waals surface area contributed by atoms with Gasteiger partial charge in [0.15, 0.2) is 0 Å². The Kier molecular flexibility index (Phi) is 3.43. The summed E-state index contributed by atoms with van der Waals surface area (Å²) in [5, 5.41) is 11.8. The van der Waals surface area contributed by atoms with Crippen molar-refractivity contribution < 1.29 is 14.6 Å². The Hall–Kier alpha value is -2.56. The molecular formula is C13H12N2O3. The molecule has 92 valence electrons. The fourth-order valence-electron chi connectivity index (χ4n) is 1.39. The van der Waals surface area contributed by atoms with Crippen molar-refractivity contribution in [1.29, 1.82) is 0 Å². The van der Waals surface area contributed by atoms with Crippen molar-refractivity contribution in [2.75, 3.05) is 12.4 Å². The summed E-state index contributed by atoms with van der Waals surface area (Å²) in [5.74, 6) is 0.345. The van der Waals surface area contributed by atoms with Crippen molar-refractivity contribution in [3.05, 3.63) is 48.2 Å². The summed E-state index contributed by atoms with van der Waals surface area (Å²) in [7, 11) is 1.52. The topological polar surface area (TPSA) is 71.5 Å². The van der Waals surface area contributed by atoms with Crippen LogP contribution in [-0.2, 0) is 0 Å². The molecule has 2 aromatic rings. The van der Waals surface area contributed by atoms with E-state index in [1.54, 1.807) is 24.3 Å². The van der Waals surface area contributed by atoms with Crippen molar-refractivity contribution in [2.45, 2.75) is 0 Å². The molecule has 0 fully saturated rings. The number of carbonyl (C=O) groups is 1. The Labute approximate surface area is 104 Å². The molecule has 0 unspecified atom stereocenters. The normalized spacial score (nSPS) is 9.83. The van der Waals surface area contributed by atoms with Crippen LogP contribution in [0.2, 0.25) is 0 Å². The second-order valence-electron chi connectivity index (χ2n) is 3.59. The van der Waals surface area contributed by atoms with E-state index in [4.69, 9.17) is 9.84 Å². The van der Waals surface area contributed by atoms with Crippen molar-refractivity contribution in [1.82, 2.24) is 4.98 Å². The minimum absolute atomic E-state index is 0.123. The molecule has 0 saturated heterocycles. The number of phenols is 1. The third kappa shape index (κ3) is 2.76. The zero-order valence-electron chi connectivity index (χ0n) is 9.75. The highest BCUT2D eigenvalue weighted by Gasteiger charge is 2.06. The average Bonchev–Trinajstić information content (AvgIpc) is 2.40. The molecule has 1 amide bonds. The maximum absolute atomic E-state index is 11.8. The highest BCUT2D eigenvalue weighted by atomic mass is 16.5. The summed E-state index contributed by atoms with van der Waals surface area (Å²) in [6.45, 7) is 0. The van der Waals surface area contributed by atoms with Crippen LogP contribution in [0.4, 0.5) is 5.69 Å². The monoisotopic (exact) mass is 244 g/mol. The van der Waals surface area contributed by atoms with Gasteiger partial charge in [0.25, 0.3) is 5.91 Å². The lowest BCUT2D eigenvalue weighted by atomic mass is 10.2. The number of phenolic OH excluding ortho intramolecular Hbond substituents is 1. The van der Waals surface area contributed by atoms with Gasteiger partial charge in [0.2, 0.25) is 5.88 Å². The minimum Gasteiger partial charge on any atom is -0.508 e. The zero-order valence-corrected chi connectivity index (χ0v) is 9.75. The van der Waals surface area contributed by atoms with Crippen LogP contribution in [0.15, 0.2) is 42.6 Å². The van der Waals surface area contributed by atoms with Gasteiger partial charge in [-0.15, -0.1) is 0 Å². The van der Waals surface area contributed by atoms with Crippen LogP contribution < -0.4 is 10.1 Å². The summed E-state index contributed by atoms with van der Waals surface area (Å²) in [6.07, 6.45) is 1.51. The molecule has 5 heteroatoms. The summed E-state index contributed by atoms with van der Waals surface area (Å²) < 4.78 is 4.92. The zero-order chi connectivity index (χ0) is 13.0. The van der Waals surface area contributed by atoms with Gasteiger partial charge in [0, 0.05) is 11.6 Å². The van der Waals surface area contributed by atoms with Gasteiger partial charge in [-0.3, -0.25) is 4.79 Å². The van der Waals surface area contributed by atoms with E-state index in [2.05, 4.69) is 10.3 Å². The Morgan fingerprint density at radius 1 is 1.22 bits per heavy atom. The van der Waals surface area contributed by atoms with E-state index >= 15 is 0 Å². The number of pyridine rings is 1. The number of methoxy groups -OCH3 is 1. The van der Waals surface area contributed by atoms with E-state index < -0.39 is 0 Å². The molecule has 0 radical (unpaired) electrons. The largest absolute Gasteiger partial charge is 0.508 e. The number of hydrogen-bond donors (Lipinski definition) is 2. The first kappa shape index (κ1) is 11.9. The number of nitrogens with zero attached hydrogens (tertiary/aromatic N) is 1. The van der Waals surface area contributed by atoms with E-state index in [1.807, 2.05) is 0 Å². The van der Waals surface area contributed by atoms with Crippen LogP contribution in [-0.4, -0.2) is 23.1 Å². The molecular weight excluding hydrogens is 232 g/mol. The first-order chi connectivity index (χ1) is 8.69. The van der Waals surface area contributed by atoms with Gasteiger partial charge < -0.3 is 15.2 Å². The summed E-state index contributed by atoms with van der Waals surface area (Å²) in [5.41, 5.74) is 1.04. The smallest absolute Gasteiger partial charge is 0.255 e. The molecule has 1 heterocycles. The molecule has 5 nitrogen and oxygen atoms in total. The van der Waals surface area contributed by atoms with Gasteiger partial charge in [-0.2, -0.15) is 0 Å². The second kappa shape index (κ2) is 5.18. The molecule has 1 aromatic carbocycles. The van der Waals surface area contributed by atoms with Gasteiger partial charge in [-0.1, -0.05) is 0 Å². The van der Waals surface area contributed by atoms with Crippen LogP contribution in [0.1, 0.15) is 10.4 Å². The average molecular weight is 244 g/mol. The molecule has 0 aliphatic rings. The number of ether oxygens (including phenoxy) is 1. The number of nitrogens with one attached hydrogen (secondary N) is 1. The maximum Gasteiger partial charge on any atom is 0.255 e.